The third-order valence-corrected chi connectivity index (χ3v) is 3.79. The third-order valence-electron chi connectivity index (χ3n) is 3.79. The predicted octanol–water partition coefficient (Wildman–Crippen LogP) is 1.99. The van der Waals surface area contributed by atoms with Crippen LogP contribution in [0.1, 0.15) is 35.6 Å². The lowest BCUT2D eigenvalue weighted by molar-refractivity contribution is -0.130. The first-order valence-electron chi connectivity index (χ1n) is 8.19. The van der Waals surface area contributed by atoms with Crippen molar-refractivity contribution in [1.82, 2.24) is 20.0 Å². The molecule has 6 nitrogen and oxygen atoms in total. The lowest BCUT2D eigenvalue weighted by Gasteiger charge is -2.21. The largest absolute Gasteiger partial charge is 0.342 e. The van der Waals surface area contributed by atoms with Crippen LogP contribution in [-0.4, -0.2) is 39.6 Å². The van der Waals surface area contributed by atoms with Crippen LogP contribution in [0.4, 0.5) is 0 Å². The number of nitrogens with zero attached hydrogens (tertiary/aromatic N) is 3. The second-order valence-electron chi connectivity index (χ2n) is 5.56. The molecule has 6 heteroatoms. The fraction of sp³-hybridized carbons (Fsp3) is 0.389. The summed E-state index contributed by atoms with van der Waals surface area (Å²) in [6.45, 7) is 7.42. The first-order chi connectivity index (χ1) is 11.5. The van der Waals surface area contributed by atoms with Crippen LogP contribution in [0.25, 0.3) is 0 Å². The van der Waals surface area contributed by atoms with Gasteiger partial charge in [-0.3, -0.25) is 14.3 Å². The zero-order chi connectivity index (χ0) is 17.5. The molecule has 0 saturated carbocycles. The quantitative estimate of drug-likeness (QED) is 0.845. The van der Waals surface area contributed by atoms with Crippen LogP contribution < -0.4 is 5.32 Å². The molecule has 0 aliphatic carbocycles. The maximum absolute atomic E-state index is 12.4. The summed E-state index contributed by atoms with van der Waals surface area (Å²) in [5.74, 6) is -0.379. The molecule has 2 rings (SSSR count). The number of hydrogen-bond acceptors (Lipinski definition) is 3. The number of carbonyl (C=O) groups is 2. The Hall–Kier alpha value is -2.63. The first-order valence-corrected chi connectivity index (χ1v) is 8.19. The topological polar surface area (TPSA) is 67.2 Å². The average molecular weight is 328 g/mol. The lowest BCUT2D eigenvalue weighted by atomic mass is 10.2. The molecule has 24 heavy (non-hydrogen) atoms. The van der Waals surface area contributed by atoms with E-state index in [1.807, 2.05) is 51.1 Å². The predicted molar refractivity (Wildman–Crippen MR) is 92.5 cm³/mol. The maximum Gasteiger partial charge on any atom is 0.269 e. The van der Waals surface area contributed by atoms with Gasteiger partial charge < -0.3 is 10.2 Å². The van der Waals surface area contributed by atoms with Crippen molar-refractivity contribution in [2.45, 2.75) is 33.9 Å². The van der Waals surface area contributed by atoms with Gasteiger partial charge >= 0.3 is 0 Å². The summed E-state index contributed by atoms with van der Waals surface area (Å²) in [5.41, 5.74) is 2.33. The Morgan fingerprint density at radius 3 is 2.54 bits per heavy atom. The van der Waals surface area contributed by atoms with Crippen molar-refractivity contribution < 1.29 is 9.59 Å². The highest BCUT2D eigenvalue weighted by molar-refractivity contribution is 5.95. The summed E-state index contributed by atoms with van der Waals surface area (Å²) >= 11 is 0. The number of carbonyl (C=O) groups excluding carboxylic acids is 2. The molecule has 0 bridgehead atoms. The highest BCUT2D eigenvalue weighted by atomic mass is 16.2. The van der Waals surface area contributed by atoms with Gasteiger partial charge in [0.25, 0.3) is 5.91 Å². The van der Waals surface area contributed by atoms with Gasteiger partial charge in [-0.1, -0.05) is 30.3 Å². The van der Waals surface area contributed by atoms with Crippen molar-refractivity contribution in [3.05, 3.63) is 53.3 Å². The van der Waals surface area contributed by atoms with E-state index in [4.69, 9.17) is 0 Å². The van der Waals surface area contributed by atoms with E-state index < -0.39 is 0 Å². The smallest absolute Gasteiger partial charge is 0.269 e. The van der Waals surface area contributed by atoms with E-state index in [1.165, 1.54) is 0 Å². The monoisotopic (exact) mass is 328 g/mol. The Balaban J connectivity index is 1.94. The normalized spacial score (nSPS) is 10.5. The van der Waals surface area contributed by atoms with Gasteiger partial charge in [0.05, 0.1) is 12.2 Å². The van der Waals surface area contributed by atoms with Crippen molar-refractivity contribution >= 4 is 11.8 Å². The van der Waals surface area contributed by atoms with Crippen molar-refractivity contribution in [3.63, 3.8) is 0 Å². The summed E-state index contributed by atoms with van der Waals surface area (Å²) < 4.78 is 1.64. The van der Waals surface area contributed by atoms with Crippen molar-refractivity contribution in [2.24, 2.45) is 0 Å². The number of nitrogens with one attached hydrogen (secondary N) is 1. The van der Waals surface area contributed by atoms with E-state index in [0.29, 0.717) is 25.3 Å². The van der Waals surface area contributed by atoms with Crippen LogP contribution in [0.15, 0.2) is 36.4 Å². The molecule has 0 fully saturated rings. The van der Waals surface area contributed by atoms with Gasteiger partial charge in [0.1, 0.15) is 5.69 Å². The fourth-order valence-electron chi connectivity index (χ4n) is 2.51. The zero-order valence-electron chi connectivity index (χ0n) is 14.5. The van der Waals surface area contributed by atoms with Gasteiger partial charge in [-0.05, 0) is 32.4 Å². The molecule has 1 aromatic carbocycles. The minimum absolute atomic E-state index is 0.0204. The number of likely N-dealkylation sites (N-methyl/N-ethyl adjacent to an activating group) is 1. The molecule has 128 valence electrons. The van der Waals surface area contributed by atoms with Crippen LogP contribution >= 0.6 is 0 Å². The Labute approximate surface area is 142 Å². The van der Waals surface area contributed by atoms with Gasteiger partial charge in [-0.25, -0.2) is 0 Å². The summed E-state index contributed by atoms with van der Waals surface area (Å²) in [5, 5.41) is 6.94. The van der Waals surface area contributed by atoms with E-state index in [1.54, 1.807) is 15.6 Å². The van der Waals surface area contributed by atoms with Crippen molar-refractivity contribution in [3.8, 4) is 0 Å². The van der Waals surface area contributed by atoms with Crippen LogP contribution in [0.2, 0.25) is 0 Å². The van der Waals surface area contributed by atoms with Crippen LogP contribution in [0.3, 0.4) is 0 Å². The Morgan fingerprint density at radius 2 is 1.92 bits per heavy atom. The van der Waals surface area contributed by atoms with Gasteiger partial charge in [0.15, 0.2) is 0 Å². The molecule has 0 radical (unpaired) electrons. The highest BCUT2D eigenvalue weighted by Crippen LogP contribution is 2.06. The molecule has 0 atom stereocenters. The molecule has 0 saturated heterocycles. The molecule has 0 aliphatic heterocycles. The summed E-state index contributed by atoms with van der Waals surface area (Å²) in [7, 11) is 0. The second kappa shape index (κ2) is 8.29. The molecule has 2 aromatic rings. The summed E-state index contributed by atoms with van der Waals surface area (Å²) in [4.78, 5) is 26.4. The second-order valence-corrected chi connectivity index (χ2v) is 5.56. The number of aromatic nitrogens is 2. The number of amides is 2. The molecule has 0 spiro atoms. The fourth-order valence-corrected chi connectivity index (χ4v) is 2.51. The number of rotatable bonds is 7. The van der Waals surface area contributed by atoms with Crippen LogP contribution in [0.5, 0.6) is 0 Å². The Kier molecular flexibility index (Phi) is 6.12. The average Bonchev–Trinajstić information content (AvgIpc) is 2.99. The summed E-state index contributed by atoms with van der Waals surface area (Å²) in [6, 6.07) is 11.5. The Morgan fingerprint density at radius 1 is 1.21 bits per heavy atom. The van der Waals surface area contributed by atoms with Gasteiger partial charge in [-0.2, -0.15) is 5.10 Å². The molecular formula is C18H24N4O2. The van der Waals surface area contributed by atoms with E-state index in [2.05, 4.69) is 10.4 Å². The van der Waals surface area contributed by atoms with Gasteiger partial charge in [0.2, 0.25) is 5.91 Å². The number of benzene rings is 1. The SMILES string of the molecule is CCN(Cc1ccccc1)C(=O)CNC(=O)c1cc(C)nn1CC. The number of hydrogen-bond donors (Lipinski definition) is 1. The molecule has 1 heterocycles. The molecule has 1 aromatic heterocycles. The highest BCUT2D eigenvalue weighted by Gasteiger charge is 2.16. The van der Waals surface area contributed by atoms with Crippen LogP contribution in [-0.2, 0) is 17.9 Å². The van der Waals surface area contributed by atoms with Gasteiger partial charge in [-0.15, -0.1) is 0 Å². The molecular weight excluding hydrogens is 304 g/mol. The standard InChI is InChI=1S/C18H24N4O2/c1-4-21(13-15-9-7-6-8-10-15)17(23)12-19-18(24)16-11-14(3)20-22(16)5-2/h6-11H,4-5,12-13H2,1-3H3,(H,19,24). The Bertz CT molecular complexity index is 694. The molecule has 1 N–H and O–H groups in total. The molecule has 2 amide bonds. The van der Waals surface area contributed by atoms with Gasteiger partial charge in [0, 0.05) is 19.6 Å². The minimum Gasteiger partial charge on any atom is -0.342 e. The van der Waals surface area contributed by atoms with Crippen molar-refractivity contribution in [2.75, 3.05) is 13.1 Å². The summed E-state index contributed by atoms with van der Waals surface area (Å²) in [6.07, 6.45) is 0. The molecule has 0 unspecified atom stereocenters. The van der Waals surface area contributed by atoms with E-state index in [9.17, 15) is 9.59 Å². The lowest BCUT2D eigenvalue weighted by Crippen LogP contribution is -2.40. The first kappa shape index (κ1) is 17.7. The van der Waals surface area contributed by atoms with E-state index >= 15 is 0 Å². The maximum atomic E-state index is 12.4. The molecule has 0 aliphatic rings. The minimum atomic E-state index is -0.276. The zero-order valence-corrected chi connectivity index (χ0v) is 14.5. The van der Waals surface area contributed by atoms with E-state index in [-0.39, 0.29) is 18.4 Å². The van der Waals surface area contributed by atoms with E-state index in [0.717, 1.165) is 11.3 Å². The third kappa shape index (κ3) is 4.44. The van der Waals surface area contributed by atoms with Crippen LogP contribution in [0, 0.1) is 6.92 Å². The number of aryl methyl sites for hydroxylation is 2. The van der Waals surface area contributed by atoms with Crippen molar-refractivity contribution in [1.29, 1.82) is 0 Å².